The molecule has 1 saturated heterocycles. The van der Waals surface area contributed by atoms with Crippen molar-refractivity contribution in [1.29, 1.82) is 0 Å². The summed E-state index contributed by atoms with van der Waals surface area (Å²) < 4.78 is 24.0. The van der Waals surface area contributed by atoms with Crippen molar-refractivity contribution in [1.82, 2.24) is 9.47 Å². The summed E-state index contributed by atoms with van der Waals surface area (Å²) in [6.45, 7) is 0.484. The number of aromatic nitrogens is 1. The van der Waals surface area contributed by atoms with E-state index in [2.05, 4.69) is 0 Å². The number of hydrogen-bond acceptors (Lipinski definition) is 4. The van der Waals surface area contributed by atoms with Gasteiger partial charge in [0.05, 0.1) is 12.6 Å². The van der Waals surface area contributed by atoms with Gasteiger partial charge in [0.2, 0.25) is 10.0 Å². The van der Waals surface area contributed by atoms with E-state index in [1.165, 1.54) is 16.8 Å². The third kappa shape index (κ3) is 2.65. The quantitative estimate of drug-likeness (QED) is 0.764. The predicted octanol–water partition coefficient (Wildman–Crippen LogP) is -0.731. The van der Waals surface area contributed by atoms with E-state index in [1.54, 1.807) is 11.9 Å². The van der Waals surface area contributed by atoms with Crippen LogP contribution in [0.3, 0.4) is 0 Å². The van der Waals surface area contributed by atoms with Crippen molar-refractivity contribution in [2.75, 3.05) is 13.2 Å². The minimum absolute atomic E-state index is 0.0851. The number of amides is 1. The van der Waals surface area contributed by atoms with Crippen LogP contribution in [0.2, 0.25) is 0 Å². The smallest absolute Gasteiger partial charge is 0.270 e. The van der Waals surface area contributed by atoms with Gasteiger partial charge in [-0.15, -0.1) is 0 Å². The van der Waals surface area contributed by atoms with E-state index in [-0.39, 0.29) is 29.1 Å². The van der Waals surface area contributed by atoms with E-state index in [9.17, 15) is 18.3 Å². The fourth-order valence-electron chi connectivity index (χ4n) is 2.34. The first-order valence-electron chi connectivity index (χ1n) is 5.95. The van der Waals surface area contributed by atoms with Crippen LogP contribution in [-0.4, -0.2) is 48.1 Å². The van der Waals surface area contributed by atoms with Crippen LogP contribution in [0.1, 0.15) is 23.3 Å². The predicted molar refractivity (Wildman–Crippen MR) is 67.9 cm³/mol. The highest BCUT2D eigenvalue weighted by Gasteiger charge is 2.30. The largest absolute Gasteiger partial charge is 0.394 e. The van der Waals surface area contributed by atoms with E-state index in [1.807, 2.05) is 0 Å². The van der Waals surface area contributed by atoms with Crippen molar-refractivity contribution in [2.45, 2.75) is 23.8 Å². The lowest BCUT2D eigenvalue weighted by Gasteiger charge is -2.23. The van der Waals surface area contributed by atoms with E-state index in [0.29, 0.717) is 6.54 Å². The van der Waals surface area contributed by atoms with Gasteiger partial charge < -0.3 is 14.6 Å². The Balaban J connectivity index is 2.32. The first-order valence-corrected chi connectivity index (χ1v) is 7.50. The molecule has 1 aromatic heterocycles. The summed E-state index contributed by atoms with van der Waals surface area (Å²) >= 11 is 0. The molecule has 0 bridgehead atoms. The van der Waals surface area contributed by atoms with Crippen LogP contribution in [-0.2, 0) is 17.1 Å². The van der Waals surface area contributed by atoms with Crippen LogP contribution < -0.4 is 5.14 Å². The fourth-order valence-corrected chi connectivity index (χ4v) is 2.92. The molecule has 0 radical (unpaired) electrons. The molecule has 0 aromatic carbocycles. The summed E-state index contributed by atoms with van der Waals surface area (Å²) in [5, 5.41) is 14.3. The summed E-state index contributed by atoms with van der Waals surface area (Å²) in [5.74, 6) is -0.283. The molecular weight excluding hydrogens is 270 g/mol. The molecule has 1 amide bonds. The summed E-state index contributed by atoms with van der Waals surface area (Å²) in [6.07, 6.45) is 2.91. The number of aryl methyl sites for hydroxylation is 1. The molecule has 19 heavy (non-hydrogen) atoms. The number of hydrogen-bond donors (Lipinski definition) is 2. The van der Waals surface area contributed by atoms with Crippen LogP contribution in [0.5, 0.6) is 0 Å². The van der Waals surface area contributed by atoms with Gasteiger partial charge in [0.25, 0.3) is 5.91 Å². The number of rotatable bonds is 3. The standard InChI is InChI=1S/C11H17N3O4S/c1-13-6-9(19(12,17)18)5-10(13)11(16)14-4-2-3-8(14)7-15/h5-6,8,15H,2-4,7H2,1H3,(H2,12,17,18)/t8-/m0/s1. The molecule has 1 atom stereocenters. The van der Waals surface area contributed by atoms with E-state index in [4.69, 9.17) is 5.14 Å². The number of primary sulfonamides is 1. The maximum absolute atomic E-state index is 12.3. The first-order chi connectivity index (χ1) is 8.84. The molecule has 1 aliphatic heterocycles. The molecule has 0 aliphatic carbocycles. The summed E-state index contributed by atoms with van der Waals surface area (Å²) in [4.78, 5) is 13.8. The van der Waals surface area contributed by atoms with Crippen LogP contribution >= 0.6 is 0 Å². The summed E-state index contributed by atoms with van der Waals surface area (Å²) in [5.41, 5.74) is 0.254. The lowest BCUT2D eigenvalue weighted by Crippen LogP contribution is -2.38. The molecule has 3 N–H and O–H groups in total. The number of aliphatic hydroxyl groups excluding tert-OH is 1. The molecule has 1 aliphatic rings. The number of likely N-dealkylation sites (tertiary alicyclic amines) is 1. The van der Waals surface area contributed by atoms with Crippen molar-refractivity contribution < 1.29 is 18.3 Å². The molecule has 2 heterocycles. The van der Waals surface area contributed by atoms with Crippen molar-refractivity contribution in [3.05, 3.63) is 18.0 Å². The van der Waals surface area contributed by atoms with Crippen LogP contribution in [0.4, 0.5) is 0 Å². The van der Waals surface area contributed by atoms with Gasteiger partial charge in [-0.3, -0.25) is 4.79 Å². The van der Waals surface area contributed by atoms with Crippen molar-refractivity contribution in [3.63, 3.8) is 0 Å². The monoisotopic (exact) mass is 287 g/mol. The molecule has 2 rings (SSSR count). The lowest BCUT2D eigenvalue weighted by atomic mass is 10.2. The number of nitrogens with zero attached hydrogens (tertiary/aromatic N) is 2. The molecule has 0 spiro atoms. The first kappa shape index (κ1) is 14.0. The third-order valence-electron chi connectivity index (χ3n) is 3.38. The van der Waals surface area contributed by atoms with Crippen LogP contribution in [0, 0.1) is 0 Å². The highest BCUT2D eigenvalue weighted by Crippen LogP contribution is 2.21. The Hall–Kier alpha value is -1.38. The van der Waals surface area contributed by atoms with Gasteiger partial charge in [0.1, 0.15) is 10.6 Å². The molecule has 1 fully saturated rings. The molecular formula is C11H17N3O4S. The molecule has 0 unspecified atom stereocenters. The van der Waals surface area contributed by atoms with Gasteiger partial charge in [-0.2, -0.15) is 0 Å². The van der Waals surface area contributed by atoms with E-state index in [0.717, 1.165) is 12.8 Å². The highest BCUT2D eigenvalue weighted by molar-refractivity contribution is 7.89. The van der Waals surface area contributed by atoms with Crippen LogP contribution in [0.15, 0.2) is 17.2 Å². The second-order valence-electron chi connectivity index (χ2n) is 4.69. The molecule has 106 valence electrons. The second-order valence-corrected chi connectivity index (χ2v) is 6.26. The fraction of sp³-hybridized carbons (Fsp3) is 0.545. The highest BCUT2D eigenvalue weighted by atomic mass is 32.2. The Morgan fingerprint density at radius 3 is 2.79 bits per heavy atom. The number of sulfonamides is 1. The average molecular weight is 287 g/mol. The van der Waals surface area contributed by atoms with E-state index < -0.39 is 10.0 Å². The SMILES string of the molecule is Cn1cc(S(N)(=O)=O)cc1C(=O)N1CCC[C@H]1CO. The van der Waals surface area contributed by atoms with Crippen molar-refractivity contribution in [3.8, 4) is 0 Å². The zero-order valence-corrected chi connectivity index (χ0v) is 11.4. The van der Waals surface area contributed by atoms with Gasteiger partial charge in [-0.25, -0.2) is 13.6 Å². The number of carbonyl (C=O) groups is 1. The number of aliphatic hydroxyl groups is 1. The lowest BCUT2D eigenvalue weighted by molar-refractivity contribution is 0.0668. The Morgan fingerprint density at radius 2 is 2.26 bits per heavy atom. The van der Waals surface area contributed by atoms with Gasteiger partial charge in [0.15, 0.2) is 0 Å². The zero-order chi connectivity index (χ0) is 14.2. The summed E-state index contributed by atoms with van der Waals surface area (Å²) in [7, 11) is -2.23. The van der Waals surface area contributed by atoms with E-state index >= 15 is 0 Å². The molecule has 1 aromatic rings. The van der Waals surface area contributed by atoms with Crippen LogP contribution in [0.25, 0.3) is 0 Å². The zero-order valence-electron chi connectivity index (χ0n) is 10.6. The Bertz CT molecular complexity index is 593. The molecule has 7 nitrogen and oxygen atoms in total. The van der Waals surface area contributed by atoms with Gasteiger partial charge in [-0.05, 0) is 18.9 Å². The maximum atomic E-state index is 12.3. The number of carbonyl (C=O) groups excluding carboxylic acids is 1. The van der Waals surface area contributed by atoms with Gasteiger partial charge in [0, 0.05) is 19.8 Å². The Morgan fingerprint density at radius 1 is 1.58 bits per heavy atom. The minimum atomic E-state index is -3.82. The minimum Gasteiger partial charge on any atom is -0.394 e. The molecule has 0 saturated carbocycles. The topological polar surface area (TPSA) is 106 Å². The summed E-state index contributed by atoms with van der Waals surface area (Å²) in [6, 6.07) is 1.07. The Kier molecular flexibility index (Phi) is 3.66. The second kappa shape index (κ2) is 4.95. The van der Waals surface area contributed by atoms with Crippen molar-refractivity contribution >= 4 is 15.9 Å². The normalized spacial score (nSPS) is 19.9. The number of nitrogens with two attached hydrogens (primary N) is 1. The van der Waals surface area contributed by atoms with Gasteiger partial charge >= 0.3 is 0 Å². The molecule has 8 heteroatoms. The van der Waals surface area contributed by atoms with Gasteiger partial charge in [-0.1, -0.05) is 0 Å². The third-order valence-corrected chi connectivity index (χ3v) is 4.26. The maximum Gasteiger partial charge on any atom is 0.270 e. The van der Waals surface area contributed by atoms with Crippen molar-refractivity contribution in [2.24, 2.45) is 12.2 Å². The Labute approximate surface area is 111 Å². The average Bonchev–Trinajstić information content (AvgIpc) is 2.92.